The Kier molecular flexibility index (Phi) is 3.84. The summed E-state index contributed by atoms with van der Waals surface area (Å²) in [6.07, 6.45) is -0.465. The number of ether oxygens (including phenoxy) is 1. The Hall–Kier alpha value is -1.14. The second kappa shape index (κ2) is 4.92. The van der Waals surface area contributed by atoms with E-state index in [9.17, 15) is 9.59 Å². The van der Waals surface area contributed by atoms with E-state index >= 15 is 0 Å². The lowest BCUT2D eigenvalue weighted by Gasteiger charge is -2.12. The Bertz CT molecular complexity index is 231. The predicted molar refractivity (Wildman–Crippen MR) is 48.0 cm³/mol. The van der Waals surface area contributed by atoms with Gasteiger partial charge in [-0.25, -0.2) is 4.79 Å². The lowest BCUT2D eigenvalue weighted by molar-refractivity contribution is -0.123. The fourth-order valence-corrected chi connectivity index (χ4v) is 1.31. The molecule has 80 valence electrons. The van der Waals surface area contributed by atoms with Gasteiger partial charge in [0, 0.05) is 6.54 Å². The van der Waals surface area contributed by atoms with E-state index in [1.165, 1.54) is 4.90 Å². The first-order valence-electron chi connectivity index (χ1n) is 4.44. The van der Waals surface area contributed by atoms with Crippen molar-refractivity contribution >= 4 is 11.9 Å². The molecule has 0 spiro atoms. The first kappa shape index (κ1) is 10.9. The normalized spacial score (nSPS) is 21.2. The molecule has 0 aromatic heterocycles. The van der Waals surface area contributed by atoms with Gasteiger partial charge in [0.2, 0.25) is 0 Å². The van der Waals surface area contributed by atoms with Gasteiger partial charge in [-0.05, 0) is 6.42 Å². The summed E-state index contributed by atoms with van der Waals surface area (Å²) in [6.45, 7) is 0.758. The van der Waals surface area contributed by atoms with Crippen LogP contribution in [0.3, 0.4) is 0 Å². The lowest BCUT2D eigenvalue weighted by atomic mass is 10.3. The van der Waals surface area contributed by atoms with Crippen LogP contribution in [0.25, 0.3) is 0 Å². The zero-order valence-electron chi connectivity index (χ0n) is 7.81. The summed E-state index contributed by atoms with van der Waals surface area (Å²) in [5.41, 5.74) is 5.10. The fraction of sp³-hybridized carbons (Fsp3) is 0.750. The fourth-order valence-electron chi connectivity index (χ4n) is 1.31. The first-order valence-corrected chi connectivity index (χ1v) is 4.44. The first-order chi connectivity index (χ1) is 6.63. The minimum absolute atomic E-state index is 0.0192. The highest BCUT2D eigenvalue weighted by molar-refractivity contribution is 5.81. The van der Waals surface area contributed by atoms with Crippen molar-refractivity contribution in [1.82, 2.24) is 4.90 Å². The van der Waals surface area contributed by atoms with Crippen LogP contribution in [0, 0.1) is 0 Å². The van der Waals surface area contributed by atoms with Gasteiger partial charge in [-0.3, -0.25) is 4.79 Å². The molecule has 1 amide bonds. The van der Waals surface area contributed by atoms with Gasteiger partial charge in [0.25, 0.3) is 0 Å². The van der Waals surface area contributed by atoms with Crippen LogP contribution < -0.4 is 5.73 Å². The summed E-state index contributed by atoms with van der Waals surface area (Å²) >= 11 is 0. The molecular formula is C8H14N2O4. The highest BCUT2D eigenvalue weighted by Crippen LogP contribution is 2.12. The third-order valence-corrected chi connectivity index (χ3v) is 2.12. The molecule has 0 aliphatic carbocycles. The van der Waals surface area contributed by atoms with Gasteiger partial charge in [0.1, 0.15) is 6.61 Å². The number of Topliss-reactive ketones (excluding diaryl/α,β-unsaturated/α-hetero) is 1. The van der Waals surface area contributed by atoms with Gasteiger partial charge in [-0.2, -0.15) is 0 Å². The summed E-state index contributed by atoms with van der Waals surface area (Å²) in [5.74, 6) is -0.168. The van der Waals surface area contributed by atoms with Gasteiger partial charge in [0.05, 0.1) is 19.2 Å². The van der Waals surface area contributed by atoms with Crippen molar-refractivity contribution in [3.8, 4) is 0 Å². The number of hydrogen-bond donors (Lipinski definition) is 2. The molecule has 0 aromatic carbocycles. The van der Waals surface area contributed by atoms with Gasteiger partial charge in [-0.15, -0.1) is 0 Å². The summed E-state index contributed by atoms with van der Waals surface area (Å²) in [5, 5.41) is 8.64. The maximum Gasteiger partial charge on any atom is 0.407 e. The Morgan fingerprint density at radius 2 is 2.29 bits per heavy atom. The Morgan fingerprint density at radius 3 is 2.79 bits per heavy atom. The molecule has 0 bridgehead atoms. The van der Waals surface area contributed by atoms with E-state index in [-0.39, 0.29) is 25.0 Å². The topological polar surface area (TPSA) is 92.9 Å². The molecule has 1 aliphatic rings. The summed E-state index contributed by atoms with van der Waals surface area (Å²) in [4.78, 5) is 22.6. The maximum absolute atomic E-state index is 10.8. The number of nitrogens with two attached hydrogens (primary N) is 1. The van der Waals surface area contributed by atoms with Gasteiger partial charge >= 0.3 is 6.09 Å². The number of carbonyl (C=O) groups is 2. The molecule has 6 heteroatoms. The zero-order chi connectivity index (χ0) is 10.6. The zero-order valence-corrected chi connectivity index (χ0v) is 7.81. The SMILES string of the molecule is NCC(=O)COC1CCN(C(=O)O)C1. The van der Waals surface area contributed by atoms with Crippen LogP contribution in [0.1, 0.15) is 6.42 Å². The third kappa shape index (κ3) is 2.97. The van der Waals surface area contributed by atoms with Crippen molar-refractivity contribution in [1.29, 1.82) is 0 Å². The van der Waals surface area contributed by atoms with E-state index in [4.69, 9.17) is 15.6 Å². The number of rotatable bonds is 4. The van der Waals surface area contributed by atoms with Crippen LogP contribution in [0.5, 0.6) is 0 Å². The molecule has 1 fully saturated rings. The molecule has 14 heavy (non-hydrogen) atoms. The number of carboxylic acid groups (broad SMARTS) is 1. The van der Waals surface area contributed by atoms with Crippen LogP contribution in [-0.4, -0.2) is 54.2 Å². The van der Waals surface area contributed by atoms with Crippen molar-refractivity contribution in [2.45, 2.75) is 12.5 Å². The number of ketones is 1. The van der Waals surface area contributed by atoms with Gasteiger partial charge < -0.3 is 20.5 Å². The number of likely N-dealkylation sites (tertiary alicyclic amines) is 1. The molecule has 1 unspecified atom stereocenters. The predicted octanol–water partition coefficient (Wildman–Crippen LogP) is -0.717. The highest BCUT2D eigenvalue weighted by atomic mass is 16.5. The van der Waals surface area contributed by atoms with E-state index in [0.717, 1.165) is 0 Å². The quantitative estimate of drug-likeness (QED) is 0.627. The molecule has 3 N–H and O–H groups in total. The standard InChI is InChI=1S/C8H14N2O4/c9-3-6(11)5-14-7-1-2-10(4-7)8(12)13/h7H,1-5,9H2,(H,12,13). The summed E-state index contributed by atoms with van der Waals surface area (Å²) in [7, 11) is 0. The summed E-state index contributed by atoms with van der Waals surface area (Å²) < 4.78 is 5.20. The number of hydrogen-bond acceptors (Lipinski definition) is 4. The second-order valence-electron chi connectivity index (χ2n) is 3.19. The Labute approximate surface area is 81.6 Å². The molecule has 1 aliphatic heterocycles. The molecule has 1 saturated heterocycles. The molecule has 1 heterocycles. The number of nitrogens with zero attached hydrogens (tertiary/aromatic N) is 1. The average molecular weight is 202 g/mol. The van der Waals surface area contributed by atoms with Crippen molar-refractivity contribution in [2.24, 2.45) is 5.73 Å². The largest absolute Gasteiger partial charge is 0.465 e. The van der Waals surface area contributed by atoms with E-state index in [0.29, 0.717) is 19.5 Å². The molecule has 0 aromatic rings. The van der Waals surface area contributed by atoms with Crippen LogP contribution >= 0.6 is 0 Å². The molecule has 6 nitrogen and oxygen atoms in total. The van der Waals surface area contributed by atoms with E-state index in [2.05, 4.69) is 0 Å². The van der Waals surface area contributed by atoms with Crippen LogP contribution in [-0.2, 0) is 9.53 Å². The lowest BCUT2D eigenvalue weighted by Crippen LogP contribution is -2.29. The maximum atomic E-state index is 10.8. The molecule has 1 rings (SSSR count). The van der Waals surface area contributed by atoms with Crippen molar-refractivity contribution < 1.29 is 19.4 Å². The van der Waals surface area contributed by atoms with Crippen LogP contribution in [0.2, 0.25) is 0 Å². The number of carbonyl (C=O) groups excluding carboxylic acids is 1. The average Bonchev–Trinajstić information content (AvgIpc) is 2.62. The molecular weight excluding hydrogens is 188 g/mol. The van der Waals surface area contributed by atoms with E-state index in [1.807, 2.05) is 0 Å². The smallest absolute Gasteiger partial charge is 0.407 e. The van der Waals surface area contributed by atoms with E-state index < -0.39 is 6.09 Å². The number of amides is 1. The second-order valence-corrected chi connectivity index (χ2v) is 3.19. The monoisotopic (exact) mass is 202 g/mol. The summed E-state index contributed by atoms with van der Waals surface area (Å²) in [6, 6.07) is 0. The van der Waals surface area contributed by atoms with Crippen molar-refractivity contribution in [3.63, 3.8) is 0 Å². The van der Waals surface area contributed by atoms with Crippen LogP contribution in [0.4, 0.5) is 4.79 Å². The van der Waals surface area contributed by atoms with E-state index in [1.54, 1.807) is 0 Å². The highest BCUT2D eigenvalue weighted by Gasteiger charge is 2.26. The Morgan fingerprint density at radius 1 is 1.57 bits per heavy atom. The minimum Gasteiger partial charge on any atom is -0.465 e. The van der Waals surface area contributed by atoms with Crippen molar-refractivity contribution in [2.75, 3.05) is 26.2 Å². The third-order valence-electron chi connectivity index (χ3n) is 2.12. The molecule has 0 saturated carbocycles. The minimum atomic E-state index is -0.943. The molecule has 0 radical (unpaired) electrons. The van der Waals surface area contributed by atoms with Crippen molar-refractivity contribution in [3.05, 3.63) is 0 Å². The van der Waals surface area contributed by atoms with Gasteiger partial charge in [0.15, 0.2) is 5.78 Å². The Balaban J connectivity index is 2.22. The molecule has 1 atom stereocenters. The van der Waals surface area contributed by atoms with Gasteiger partial charge in [-0.1, -0.05) is 0 Å². The van der Waals surface area contributed by atoms with Crippen LogP contribution in [0.15, 0.2) is 0 Å².